The van der Waals surface area contributed by atoms with Crippen molar-refractivity contribution in [3.63, 3.8) is 0 Å². The molecule has 2 heterocycles. The lowest BCUT2D eigenvalue weighted by atomic mass is 10.2. The SMILES string of the molecule is O=C(c1ccc(COc2ccc([N+](=O)[O-])cc2)o1)N1CCN(Cc2ccccc2Cl)CC1. The van der Waals surface area contributed by atoms with E-state index in [9.17, 15) is 14.9 Å². The van der Waals surface area contributed by atoms with E-state index in [1.165, 1.54) is 24.3 Å². The van der Waals surface area contributed by atoms with Gasteiger partial charge in [0.05, 0.1) is 4.92 Å². The van der Waals surface area contributed by atoms with Crippen molar-refractivity contribution in [2.24, 2.45) is 0 Å². The molecule has 0 aliphatic carbocycles. The molecule has 0 unspecified atom stereocenters. The van der Waals surface area contributed by atoms with Gasteiger partial charge >= 0.3 is 0 Å². The highest BCUT2D eigenvalue weighted by atomic mass is 35.5. The molecule has 0 spiro atoms. The quantitative estimate of drug-likeness (QED) is 0.388. The van der Waals surface area contributed by atoms with Gasteiger partial charge in [0.15, 0.2) is 5.76 Å². The maximum absolute atomic E-state index is 12.8. The van der Waals surface area contributed by atoms with Crippen molar-refractivity contribution in [1.82, 2.24) is 9.80 Å². The van der Waals surface area contributed by atoms with Crippen LogP contribution in [0.25, 0.3) is 0 Å². The number of benzene rings is 2. The molecule has 9 heteroatoms. The lowest BCUT2D eigenvalue weighted by molar-refractivity contribution is -0.384. The Bertz CT molecular complexity index is 1090. The highest BCUT2D eigenvalue weighted by Gasteiger charge is 2.24. The van der Waals surface area contributed by atoms with Crippen LogP contribution in [0.1, 0.15) is 21.9 Å². The molecule has 0 saturated carbocycles. The first kappa shape index (κ1) is 21.9. The number of amides is 1. The van der Waals surface area contributed by atoms with Crippen molar-refractivity contribution in [2.75, 3.05) is 26.2 Å². The number of non-ortho nitro benzene ring substituents is 1. The molecule has 1 aliphatic rings. The molecule has 2 aromatic carbocycles. The van der Waals surface area contributed by atoms with Crippen LogP contribution in [0.2, 0.25) is 5.02 Å². The summed E-state index contributed by atoms with van der Waals surface area (Å²) < 4.78 is 11.3. The van der Waals surface area contributed by atoms with E-state index in [0.717, 1.165) is 30.2 Å². The maximum atomic E-state index is 12.8. The summed E-state index contributed by atoms with van der Waals surface area (Å²) in [5.74, 6) is 1.11. The van der Waals surface area contributed by atoms with Crippen LogP contribution in [0, 0.1) is 10.1 Å². The van der Waals surface area contributed by atoms with Crippen LogP contribution >= 0.6 is 11.6 Å². The molecule has 1 amide bonds. The molecular formula is C23H22ClN3O5. The van der Waals surface area contributed by atoms with Crippen LogP contribution in [-0.2, 0) is 13.2 Å². The van der Waals surface area contributed by atoms with Gasteiger partial charge in [-0.3, -0.25) is 19.8 Å². The fraction of sp³-hybridized carbons (Fsp3) is 0.261. The Hall–Kier alpha value is -3.36. The van der Waals surface area contributed by atoms with Crippen molar-refractivity contribution in [2.45, 2.75) is 13.2 Å². The number of ether oxygens (including phenoxy) is 1. The van der Waals surface area contributed by atoms with Crippen molar-refractivity contribution < 1.29 is 18.9 Å². The van der Waals surface area contributed by atoms with Gasteiger partial charge in [-0.2, -0.15) is 0 Å². The Morgan fingerprint density at radius 1 is 1.03 bits per heavy atom. The number of hydrogen-bond donors (Lipinski definition) is 0. The summed E-state index contributed by atoms with van der Waals surface area (Å²) >= 11 is 6.25. The molecule has 1 aromatic heterocycles. The number of carbonyl (C=O) groups excluding carboxylic acids is 1. The molecule has 0 atom stereocenters. The summed E-state index contributed by atoms with van der Waals surface area (Å²) in [4.78, 5) is 27.1. The first-order chi connectivity index (χ1) is 15.5. The molecule has 166 valence electrons. The van der Waals surface area contributed by atoms with Crippen LogP contribution in [0.4, 0.5) is 5.69 Å². The van der Waals surface area contributed by atoms with Gasteiger partial charge in [0, 0.05) is 49.9 Å². The summed E-state index contributed by atoms with van der Waals surface area (Å²) in [7, 11) is 0. The molecule has 1 aliphatic heterocycles. The number of carbonyl (C=O) groups is 1. The number of halogens is 1. The normalized spacial score (nSPS) is 14.3. The average molecular weight is 456 g/mol. The van der Waals surface area contributed by atoms with Gasteiger partial charge < -0.3 is 14.1 Å². The first-order valence-electron chi connectivity index (χ1n) is 10.2. The van der Waals surface area contributed by atoms with Crippen molar-refractivity contribution in [1.29, 1.82) is 0 Å². The lowest BCUT2D eigenvalue weighted by Crippen LogP contribution is -2.48. The second kappa shape index (κ2) is 9.84. The second-order valence-electron chi connectivity index (χ2n) is 7.47. The number of rotatable bonds is 7. The van der Waals surface area contributed by atoms with Gasteiger partial charge in [-0.25, -0.2) is 0 Å². The Labute approximate surface area is 190 Å². The number of nitro groups is 1. The van der Waals surface area contributed by atoms with Gasteiger partial charge in [0.1, 0.15) is 18.1 Å². The van der Waals surface area contributed by atoms with E-state index in [1.807, 2.05) is 24.3 Å². The summed E-state index contributed by atoms with van der Waals surface area (Å²) in [5.41, 5.74) is 1.08. The van der Waals surface area contributed by atoms with Crippen LogP contribution < -0.4 is 4.74 Å². The molecule has 0 radical (unpaired) electrons. The highest BCUT2D eigenvalue weighted by molar-refractivity contribution is 6.31. The average Bonchev–Trinajstić information content (AvgIpc) is 3.29. The minimum atomic E-state index is -0.467. The Morgan fingerprint density at radius 3 is 2.44 bits per heavy atom. The number of nitro benzene ring substituents is 1. The monoisotopic (exact) mass is 455 g/mol. The molecule has 4 rings (SSSR count). The Morgan fingerprint density at radius 2 is 1.75 bits per heavy atom. The minimum Gasteiger partial charge on any atom is -0.486 e. The van der Waals surface area contributed by atoms with Gasteiger partial charge in [-0.15, -0.1) is 0 Å². The second-order valence-corrected chi connectivity index (χ2v) is 7.87. The zero-order valence-electron chi connectivity index (χ0n) is 17.3. The lowest BCUT2D eigenvalue weighted by Gasteiger charge is -2.34. The Balaban J connectivity index is 1.27. The van der Waals surface area contributed by atoms with E-state index in [0.29, 0.717) is 24.6 Å². The predicted molar refractivity (Wildman–Crippen MR) is 119 cm³/mol. The van der Waals surface area contributed by atoms with Gasteiger partial charge in [-0.1, -0.05) is 29.8 Å². The van der Waals surface area contributed by atoms with Crippen molar-refractivity contribution in [3.8, 4) is 5.75 Å². The number of hydrogen-bond acceptors (Lipinski definition) is 6. The van der Waals surface area contributed by atoms with Crippen LogP contribution in [-0.4, -0.2) is 46.8 Å². The summed E-state index contributed by atoms with van der Waals surface area (Å²) in [6, 6.07) is 16.9. The molecule has 3 aromatic rings. The van der Waals surface area contributed by atoms with Gasteiger partial charge in [0.25, 0.3) is 11.6 Å². The molecule has 0 N–H and O–H groups in total. The van der Waals surface area contributed by atoms with E-state index in [2.05, 4.69) is 4.90 Å². The summed E-state index contributed by atoms with van der Waals surface area (Å²) in [6.45, 7) is 3.61. The predicted octanol–water partition coefficient (Wildman–Crippen LogP) is 4.38. The van der Waals surface area contributed by atoms with Crippen molar-refractivity contribution in [3.05, 3.63) is 92.9 Å². The molecule has 8 nitrogen and oxygen atoms in total. The molecule has 1 fully saturated rings. The van der Waals surface area contributed by atoms with E-state index >= 15 is 0 Å². The standard InChI is InChI=1S/C23H22ClN3O5/c24-21-4-2-1-3-17(21)15-25-11-13-26(14-12-25)23(28)22-10-9-20(32-22)16-31-19-7-5-18(6-8-19)27(29)30/h1-10H,11-16H2. The maximum Gasteiger partial charge on any atom is 0.289 e. The Kier molecular flexibility index (Phi) is 6.72. The van der Waals surface area contributed by atoms with E-state index in [-0.39, 0.29) is 24.0 Å². The minimum absolute atomic E-state index is 0.00445. The third-order valence-corrected chi connectivity index (χ3v) is 5.68. The molecule has 1 saturated heterocycles. The zero-order valence-corrected chi connectivity index (χ0v) is 18.0. The third kappa shape index (κ3) is 5.27. The topological polar surface area (TPSA) is 89.1 Å². The number of piperazine rings is 1. The van der Waals surface area contributed by atoms with E-state index in [4.69, 9.17) is 20.8 Å². The largest absolute Gasteiger partial charge is 0.486 e. The van der Waals surface area contributed by atoms with E-state index in [1.54, 1.807) is 17.0 Å². The van der Waals surface area contributed by atoms with Crippen LogP contribution in [0.15, 0.2) is 65.1 Å². The highest BCUT2D eigenvalue weighted by Crippen LogP contribution is 2.21. The summed E-state index contributed by atoms with van der Waals surface area (Å²) in [5, 5.41) is 11.5. The number of nitrogens with zero attached hydrogens (tertiary/aromatic N) is 3. The van der Waals surface area contributed by atoms with Crippen LogP contribution in [0.5, 0.6) is 5.75 Å². The molecule has 0 bridgehead atoms. The van der Waals surface area contributed by atoms with E-state index < -0.39 is 4.92 Å². The molecular weight excluding hydrogens is 434 g/mol. The molecule has 32 heavy (non-hydrogen) atoms. The van der Waals surface area contributed by atoms with Gasteiger partial charge in [0.2, 0.25) is 0 Å². The summed E-state index contributed by atoms with van der Waals surface area (Å²) in [6.07, 6.45) is 0. The fourth-order valence-corrected chi connectivity index (χ4v) is 3.72. The fourth-order valence-electron chi connectivity index (χ4n) is 3.52. The van der Waals surface area contributed by atoms with Crippen LogP contribution in [0.3, 0.4) is 0 Å². The third-order valence-electron chi connectivity index (χ3n) is 5.31. The van der Waals surface area contributed by atoms with Crippen molar-refractivity contribution >= 4 is 23.2 Å². The van der Waals surface area contributed by atoms with Gasteiger partial charge in [-0.05, 0) is 35.9 Å². The smallest absolute Gasteiger partial charge is 0.289 e. The zero-order chi connectivity index (χ0) is 22.5. The first-order valence-corrected chi connectivity index (χ1v) is 10.6. The number of furan rings is 1.